The molecule has 1 heterocycles. The lowest BCUT2D eigenvalue weighted by molar-refractivity contribution is -0.384. The van der Waals surface area contributed by atoms with Gasteiger partial charge in [-0.3, -0.25) is 24.5 Å². The maximum absolute atomic E-state index is 12.9. The van der Waals surface area contributed by atoms with E-state index in [0.29, 0.717) is 0 Å². The number of non-ortho nitro benzene ring substituents is 1. The van der Waals surface area contributed by atoms with Crippen LogP contribution in [0.1, 0.15) is 41.9 Å². The summed E-state index contributed by atoms with van der Waals surface area (Å²) < 4.78 is 44.4. The highest BCUT2D eigenvalue weighted by molar-refractivity contribution is 5.79. The Morgan fingerprint density at radius 2 is 1.34 bits per heavy atom. The molecule has 0 bridgehead atoms. The van der Waals surface area contributed by atoms with E-state index in [4.69, 9.17) is 37.9 Å². The number of rotatable bonds is 22. The van der Waals surface area contributed by atoms with Gasteiger partial charge in [0, 0.05) is 54.5 Å². The second-order valence-corrected chi connectivity index (χ2v) is 15.2. The monoisotopic (exact) mass is 930 g/mol. The van der Waals surface area contributed by atoms with Gasteiger partial charge < -0.3 is 58.5 Å². The molecule has 2 aliphatic rings. The molecule has 6 rings (SSSR count). The zero-order chi connectivity index (χ0) is 48.0. The summed E-state index contributed by atoms with van der Waals surface area (Å²) in [7, 11) is 1.02. The summed E-state index contributed by atoms with van der Waals surface area (Å²) in [5, 5.41) is 42.9. The molecule has 1 aliphatic heterocycles. The molecule has 0 aromatic heterocycles. The minimum Gasteiger partial charge on any atom is -0.491 e. The van der Waals surface area contributed by atoms with Crippen LogP contribution in [0.3, 0.4) is 0 Å². The number of methoxy groups -OCH3 is 1. The van der Waals surface area contributed by atoms with E-state index in [9.17, 15) is 54.2 Å². The molecule has 4 aromatic rings. The molecule has 1 fully saturated rings. The van der Waals surface area contributed by atoms with Crippen molar-refractivity contribution < 1.29 is 86.9 Å². The van der Waals surface area contributed by atoms with Gasteiger partial charge >= 0.3 is 36.1 Å². The van der Waals surface area contributed by atoms with Gasteiger partial charge in [-0.1, -0.05) is 48.5 Å². The Kier molecular flexibility index (Phi) is 16.6. The van der Waals surface area contributed by atoms with Crippen LogP contribution in [-0.4, -0.2) is 109 Å². The molecular formula is C46H46N2O19. The molecule has 5 atom stereocenters. The lowest BCUT2D eigenvalue weighted by atomic mass is 9.71. The first kappa shape index (κ1) is 48.7. The van der Waals surface area contributed by atoms with Crippen molar-refractivity contribution in [3.63, 3.8) is 0 Å². The van der Waals surface area contributed by atoms with E-state index in [0.717, 1.165) is 41.5 Å². The molecule has 0 saturated carbocycles. The average Bonchev–Trinajstić information content (AvgIpc) is 3.62. The topological polar surface area (TPSA) is 292 Å². The van der Waals surface area contributed by atoms with Gasteiger partial charge in [0.25, 0.3) is 5.69 Å². The number of benzene rings is 4. The third-order valence-corrected chi connectivity index (χ3v) is 11.0. The number of carbonyl (C=O) groups excluding carboxylic acids is 3. The number of carboxylic acids is 3. The van der Waals surface area contributed by atoms with Gasteiger partial charge in [0.2, 0.25) is 6.29 Å². The lowest BCUT2D eigenvalue weighted by Crippen LogP contribution is -2.54. The fourth-order valence-electron chi connectivity index (χ4n) is 8.05. The van der Waals surface area contributed by atoms with Gasteiger partial charge in [-0.05, 0) is 52.4 Å². The van der Waals surface area contributed by atoms with Crippen molar-refractivity contribution in [3.8, 4) is 28.4 Å². The van der Waals surface area contributed by atoms with Crippen LogP contribution in [0.2, 0.25) is 0 Å². The summed E-state index contributed by atoms with van der Waals surface area (Å²) in [4.78, 5) is 84.4. The number of nitrogens with one attached hydrogen (secondary N) is 1. The SMILES string of the molecule is COC(=O)[C@H]1O[C@@H](Oc2ccc(COC(=O)Oc3ccc([N+](=O)[O-])cc3)c(OCCOCCNC(=O)OCC3c4ccccc4-c4ccccc43)c2)[C@H](CC(=O)O)[C@@H](CC(=O)O)[C@@H]1CC(=O)O. The van der Waals surface area contributed by atoms with Crippen molar-refractivity contribution in [1.82, 2.24) is 5.32 Å². The molecule has 4 aromatic carbocycles. The van der Waals surface area contributed by atoms with E-state index in [1.54, 1.807) is 0 Å². The third kappa shape index (κ3) is 12.9. The summed E-state index contributed by atoms with van der Waals surface area (Å²) in [6.45, 7) is -0.293. The van der Waals surface area contributed by atoms with Crippen LogP contribution < -0.4 is 19.5 Å². The zero-order valence-corrected chi connectivity index (χ0v) is 35.8. The maximum Gasteiger partial charge on any atom is 0.514 e. The highest BCUT2D eigenvalue weighted by atomic mass is 16.7. The molecule has 1 aliphatic carbocycles. The number of hydrogen-bond acceptors (Lipinski definition) is 16. The van der Waals surface area contributed by atoms with Gasteiger partial charge in [0.1, 0.15) is 37.1 Å². The number of fused-ring (bicyclic) bond motifs is 3. The fourth-order valence-corrected chi connectivity index (χ4v) is 8.05. The van der Waals surface area contributed by atoms with Crippen LogP contribution >= 0.6 is 0 Å². The molecule has 21 nitrogen and oxygen atoms in total. The summed E-state index contributed by atoms with van der Waals surface area (Å²) >= 11 is 0. The number of esters is 1. The Labute approximate surface area is 381 Å². The summed E-state index contributed by atoms with van der Waals surface area (Å²) in [5.74, 6) is -9.18. The number of amides is 1. The maximum atomic E-state index is 12.9. The van der Waals surface area contributed by atoms with Crippen molar-refractivity contribution in [1.29, 1.82) is 0 Å². The number of aliphatic carboxylic acids is 3. The zero-order valence-electron chi connectivity index (χ0n) is 35.8. The Morgan fingerprint density at radius 3 is 1.97 bits per heavy atom. The minimum absolute atomic E-state index is 0.0188. The molecule has 0 unspecified atom stereocenters. The van der Waals surface area contributed by atoms with Crippen LogP contribution in [0.4, 0.5) is 15.3 Å². The molecule has 21 heteroatoms. The van der Waals surface area contributed by atoms with Crippen molar-refractivity contribution in [2.75, 3.05) is 40.1 Å². The highest BCUT2D eigenvalue weighted by Gasteiger charge is 2.52. The third-order valence-electron chi connectivity index (χ3n) is 11.0. The summed E-state index contributed by atoms with van der Waals surface area (Å²) in [6.07, 6.45) is -7.27. The number of carbonyl (C=O) groups is 6. The first-order valence-corrected chi connectivity index (χ1v) is 20.8. The van der Waals surface area contributed by atoms with Crippen LogP contribution in [0.15, 0.2) is 91.0 Å². The first-order chi connectivity index (χ1) is 32.2. The molecule has 1 amide bonds. The van der Waals surface area contributed by atoms with Gasteiger partial charge in [0.15, 0.2) is 6.10 Å². The standard InChI is InChI=1S/C46H46N2O19/c1-60-43(55)42-35(22-40(51)52)34(21-39(49)50)36(23-41(53)54)44(67-42)65-29-13-10-26(24-64-46(57)66-28-14-11-27(12-15-28)48(58)59)38(20-29)62-19-18-61-17-16-47-45(56)63-25-37-32-8-4-2-6-30(32)31-7-3-5-9-33(31)37/h2-15,20,34-37,42,44H,16-19,21-25H2,1H3,(H,47,56)(H,49,50)(H,51,52)(H,53,54)/t34-,35-,36+,42-,44+/m0/s1. The van der Waals surface area contributed by atoms with Gasteiger partial charge in [-0.2, -0.15) is 0 Å². The molecule has 4 N–H and O–H groups in total. The molecule has 354 valence electrons. The van der Waals surface area contributed by atoms with Crippen LogP contribution in [-0.2, 0) is 49.5 Å². The molecule has 1 saturated heterocycles. The number of nitrogens with zero attached hydrogens (tertiary/aromatic N) is 1. The van der Waals surface area contributed by atoms with Gasteiger partial charge in [-0.25, -0.2) is 14.4 Å². The molecule has 0 radical (unpaired) electrons. The number of nitro groups is 1. The Hall–Kier alpha value is -7.78. The molecule has 67 heavy (non-hydrogen) atoms. The lowest BCUT2D eigenvalue weighted by Gasteiger charge is -2.44. The molecular weight excluding hydrogens is 885 g/mol. The van der Waals surface area contributed by atoms with Gasteiger partial charge in [-0.15, -0.1) is 0 Å². The van der Waals surface area contributed by atoms with E-state index in [-0.39, 0.29) is 67.4 Å². The smallest absolute Gasteiger partial charge is 0.491 e. The normalized spacial score (nSPS) is 18.3. The van der Waals surface area contributed by atoms with E-state index in [2.05, 4.69) is 5.32 Å². The second-order valence-electron chi connectivity index (χ2n) is 15.2. The predicted molar refractivity (Wildman–Crippen MR) is 228 cm³/mol. The van der Waals surface area contributed by atoms with Crippen molar-refractivity contribution in [2.45, 2.75) is 44.2 Å². The van der Waals surface area contributed by atoms with Crippen LogP contribution in [0, 0.1) is 27.9 Å². The Bertz CT molecular complexity index is 2400. The Morgan fingerprint density at radius 1 is 0.731 bits per heavy atom. The van der Waals surface area contributed by atoms with E-state index in [1.807, 2.05) is 48.5 Å². The number of alkyl carbamates (subject to hydrolysis) is 1. The largest absolute Gasteiger partial charge is 0.514 e. The minimum atomic E-state index is -1.65. The number of ether oxygens (including phenoxy) is 8. The summed E-state index contributed by atoms with van der Waals surface area (Å²) in [6, 6.07) is 24.7. The number of nitro benzene ring substituents is 1. The average molecular weight is 931 g/mol. The van der Waals surface area contributed by atoms with E-state index < -0.39 is 97.1 Å². The number of carboxylic acid groups (broad SMARTS) is 3. The van der Waals surface area contributed by atoms with E-state index in [1.165, 1.54) is 30.3 Å². The van der Waals surface area contributed by atoms with Crippen molar-refractivity contribution in [2.24, 2.45) is 17.8 Å². The summed E-state index contributed by atoms with van der Waals surface area (Å²) in [5.41, 5.74) is 4.35. The van der Waals surface area contributed by atoms with Crippen molar-refractivity contribution in [3.05, 3.63) is 118 Å². The van der Waals surface area contributed by atoms with E-state index >= 15 is 0 Å². The van der Waals surface area contributed by atoms with Crippen LogP contribution in [0.25, 0.3) is 11.1 Å². The highest BCUT2D eigenvalue weighted by Crippen LogP contribution is 2.45. The quantitative estimate of drug-likeness (QED) is 0.0181. The predicted octanol–water partition coefficient (Wildman–Crippen LogP) is 5.79. The second kappa shape index (κ2) is 22.9. The van der Waals surface area contributed by atoms with Crippen molar-refractivity contribution >= 4 is 41.8 Å². The van der Waals surface area contributed by atoms with Crippen LogP contribution in [0.5, 0.6) is 17.2 Å². The Balaban J connectivity index is 1.10. The number of hydrogen-bond donors (Lipinski definition) is 4. The first-order valence-electron chi connectivity index (χ1n) is 20.8. The fraction of sp³-hybridized carbons (Fsp3) is 0.348. The van der Waals surface area contributed by atoms with Gasteiger partial charge in [0.05, 0.1) is 38.1 Å². The molecule has 0 spiro atoms.